The van der Waals surface area contributed by atoms with E-state index in [0.717, 1.165) is 12.8 Å². The van der Waals surface area contributed by atoms with Crippen LogP contribution in [-0.4, -0.2) is 5.24 Å². The van der Waals surface area contributed by atoms with Gasteiger partial charge in [0.25, 0.3) is 0 Å². The van der Waals surface area contributed by atoms with Crippen molar-refractivity contribution >= 4 is 16.8 Å². The molecule has 0 aliphatic rings. The molecule has 0 saturated carbocycles. The maximum absolute atomic E-state index is 10.2. The molecule has 0 spiro atoms. The van der Waals surface area contributed by atoms with Crippen LogP contribution in [0.3, 0.4) is 0 Å². The largest absolute Gasteiger partial charge is 0.276 e. The average Bonchev–Trinajstić information content (AvgIpc) is 1.87. The van der Waals surface area contributed by atoms with Gasteiger partial charge in [0.2, 0.25) is 5.24 Å². The van der Waals surface area contributed by atoms with Crippen molar-refractivity contribution in [3.63, 3.8) is 0 Å². The zero-order valence-corrected chi connectivity index (χ0v) is 7.03. The fraction of sp³-hybridized carbons (Fsp3) is 0.625. The molecule has 0 fully saturated rings. The highest BCUT2D eigenvalue weighted by atomic mass is 35.5. The Morgan fingerprint density at radius 3 is 2.70 bits per heavy atom. The van der Waals surface area contributed by atoms with Crippen LogP contribution in [-0.2, 0) is 4.79 Å². The van der Waals surface area contributed by atoms with E-state index in [4.69, 9.17) is 11.6 Å². The predicted molar refractivity (Wildman–Crippen MR) is 44.1 cm³/mol. The van der Waals surface area contributed by atoms with E-state index in [2.05, 4.69) is 6.92 Å². The highest BCUT2D eigenvalue weighted by Crippen LogP contribution is 1.99. The van der Waals surface area contributed by atoms with Crippen LogP contribution < -0.4 is 0 Å². The van der Waals surface area contributed by atoms with Gasteiger partial charge in [-0.15, -0.1) is 0 Å². The van der Waals surface area contributed by atoms with E-state index < -0.39 is 0 Å². The topological polar surface area (TPSA) is 17.1 Å². The summed E-state index contributed by atoms with van der Waals surface area (Å²) >= 11 is 5.06. The van der Waals surface area contributed by atoms with Crippen molar-refractivity contribution in [2.24, 2.45) is 0 Å². The van der Waals surface area contributed by atoms with E-state index in [1.807, 2.05) is 6.08 Å². The van der Waals surface area contributed by atoms with Crippen molar-refractivity contribution in [2.75, 3.05) is 0 Å². The number of allylic oxidation sites excluding steroid dienone is 2. The molecule has 0 atom stereocenters. The normalized spacial score (nSPS) is 10.6. The SMILES string of the molecule is CCCCCC=CC(=O)Cl. The number of hydrogen-bond donors (Lipinski definition) is 0. The van der Waals surface area contributed by atoms with Crippen LogP contribution >= 0.6 is 11.6 Å². The molecule has 0 radical (unpaired) electrons. The van der Waals surface area contributed by atoms with Crippen molar-refractivity contribution in [3.8, 4) is 0 Å². The predicted octanol–water partition coefficient (Wildman–Crippen LogP) is 2.89. The molecule has 0 amide bonds. The van der Waals surface area contributed by atoms with Gasteiger partial charge in [-0.3, -0.25) is 4.79 Å². The smallest absolute Gasteiger partial charge is 0.244 e. The third kappa shape index (κ3) is 7.70. The van der Waals surface area contributed by atoms with Crippen LogP contribution in [0.15, 0.2) is 12.2 Å². The van der Waals surface area contributed by atoms with Gasteiger partial charge in [0.1, 0.15) is 0 Å². The van der Waals surface area contributed by atoms with Gasteiger partial charge >= 0.3 is 0 Å². The minimum absolute atomic E-state index is 0.378. The summed E-state index contributed by atoms with van der Waals surface area (Å²) in [5, 5.41) is -0.378. The van der Waals surface area contributed by atoms with Gasteiger partial charge in [-0.25, -0.2) is 0 Å². The number of carbonyl (C=O) groups is 1. The van der Waals surface area contributed by atoms with Gasteiger partial charge in [0.15, 0.2) is 0 Å². The van der Waals surface area contributed by atoms with E-state index in [1.54, 1.807) is 0 Å². The quantitative estimate of drug-likeness (QED) is 0.343. The minimum Gasteiger partial charge on any atom is -0.276 e. The number of hydrogen-bond acceptors (Lipinski definition) is 1. The molecular weight excluding hydrogens is 148 g/mol. The van der Waals surface area contributed by atoms with Gasteiger partial charge in [-0.1, -0.05) is 25.8 Å². The van der Waals surface area contributed by atoms with E-state index in [0.29, 0.717) is 0 Å². The Kier molecular flexibility index (Phi) is 6.61. The standard InChI is InChI=1S/C8H13ClO/c1-2-3-4-5-6-7-8(9)10/h6-7H,2-5H2,1H3. The fourth-order valence-electron chi connectivity index (χ4n) is 0.688. The van der Waals surface area contributed by atoms with E-state index in [-0.39, 0.29) is 5.24 Å². The van der Waals surface area contributed by atoms with Crippen LogP contribution in [0.1, 0.15) is 32.6 Å². The number of unbranched alkanes of at least 4 members (excludes halogenated alkanes) is 3. The zero-order chi connectivity index (χ0) is 7.82. The van der Waals surface area contributed by atoms with Crippen LogP contribution in [0.5, 0.6) is 0 Å². The number of rotatable bonds is 5. The van der Waals surface area contributed by atoms with E-state index in [1.165, 1.54) is 18.9 Å². The second kappa shape index (κ2) is 6.81. The lowest BCUT2D eigenvalue weighted by Crippen LogP contribution is -1.75. The van der Waals surface area contributed by atoms with Gasteiger partial charge in [-0.05, 0) is 30.5 Å². The van der Waals surface area contributed by atoms with Gasteiger partial charge in [-0.2, -0.15) is 0 Å². The molecule has 0 aromatic rings. The molecule has 0 aromatic carbocycles. The fourth-order valence-corrected chi connectivity index (χ4v) is 0.777. The molecule has 0 unspecified atom stereocenters. The summed E-state index contributed by atoms with van der Waals surface area (Å²) in [5.41, 5.74) is 0. The van der Waals surface area contributed by atoms with Gasteiger partial charge < -0.3 is 0 Å². The molecular formula is C8H13ClO. The first-order valence-electron chi connectivity index (χ1n) is 3.63. The molecule has 0 aliphatic carbocycles. The zero-order valence-electron chi connectivity index (χ0n) is 6.27. The second-order valence-electron chi connectivity index (χ2n) is 2.20. The lowest BCUT2D eigenvalue weighted by molar-refractivity contribution is -0.107. The molecule has 0 bridgehead atoms. The minimum atomic E-state index is -0.378. The highest BCUT2D eigenvalue weighted by molar-refractivity contribution is 6.66. The summed E-state index contributed by atoms with van der Waals surface area (Å²) in [6.07, 6.45) is 7.79. The van der Waals surface area contributed by atoms with Crippen molar-refractivity contribution in [1.29, 1.82) is 0 Å². The third-order valence-corrected chi connectivity index (χ3v) is 1.35. The van der Waals surface area contributed by atoms with Crippen molar-refractivity contribution < 1.29 is 4.79 Å². The van der Waals surface area contributed by atoms with Crippen LogP contribution in [0.25, 0.3) is 0 Å². The maximum atomic E-state index is 10.2. The Morgan fingerprint density at radius 2 is 2.20 bits per heavy atom. The van der Waals surface area contributed by atoms with Crippen molar-refractivity contribution in [1.82, 2.24) is 0 Å². The highest BCUT2D eigenvalue weighted by Gasteiger charge is 1.84. The summed E-state index contributed by atoms with van der Waals surface area (Å²) in [4.78, 5) is 10.2. The monoisotopic (exact) mass is 160 g/mol. The summed E-state index contributed by atoms with van der Waals surface area (Å²) in [7, 11) is 0. The maximum Gasteiger partial charge on any atom is 0.244 e. The van der Waals surface area contributed by atoms with Crippen LogP contribution in [0.4, 0.5) is 0 Å². The van der Waals surface area contributed by atoms with E-state index in [9.17, 15) is 4.79 Å². The Balaban J connectivity index is 3.10. The molecule has 0 aromatic heterocycles. The molecule has 0 heterocycles. The summed E-state index contributed by atoms with van der Waals surface area (Å²) in [5.74, 6) is 0. The molecule has 2 heteroatoms. The average molecular weight is 161 g/mol. The molecule has 0 rings (SSSR count). The van der Waals surface area contributed by atoms with E-state index >= 15 is 0 Å². The molecule has 58 valence electrons. The Morgan fingerprint density at radius 1 is 1.50 bits per heavy atom. The van der Waals surface area contributed by atoms with Gasteiger partial charge in [0, 0.05) is 0 Å². The molecule has 0 aliphatic heterocycles. The molecule has 10 heavy (non-hydrogen) atoms. The van der Waals surface area contributed by atoms with Crippen LogP contribution in [0.2, 0.25) is 0 Å². The van der Waals surface area contributed by atoms with Crippen molar-refractivity contribution in [2.45, 2.75) is 32.6 Å². The second-order valence-corrected chi connectivity index (χ2v) is 2.57. The summed E-state index contributed by atoms with van der Waals surface area (Å²) < 4.78 is 0. The number of carbonyl (C=O) groups excluding carboxylic acids is 1. The number of halogens is 1. The summed E-state index contributed by atoms with van der Waals surface area (Å²) in [6.45, 7) is 2.15. The van der Waals surface area contributed by atoms with Crippen molar-refractivity contribution in [3.05, 3.63) is 12.2 Å². The third-order valence-electron chi connectivity index (χ3n) is 1.22. The first kappa shape index (κ1) is 9.70. The Bertz CT molecular complexity index is 118. The Hall–Kier alpha value is -0.300. The first-order valence-corrected chi connectivity index (χ1v) is 4.01. The molecule has 0 saturated heterocycles. The summed E-state index contributed by atoms with van der Waals surface area (Å²) in [6, 6.07) is 0. The lowest BCUT2D eigenvalue weighted by Gasteiger charge is -1.89. The molecule has 1 nitrogen and oxygen atoms in total. The lowest BCUT2D eigenvalue weighted by atomic mass is 10.2. The van der Waals surface area contributed by atoms with Crippen LogP contribution in [0, 0.1) is 0 Å². The van der Waals surface area contributed by atoms with Gasteiger partial charge in [0.05, 0.1) is 0 Å². The first-order chi connectivity index (χ1) is 4.77. The Labute approximate surface area is 67.1 Å². The molecule has 0 N–H and O–H groups in total.